The number of hydrogen-bond acceptors (Lipinski definition) is 5. The number of hydrogen-bond donors (Lipinski definition) is 0. The molecule has 2 aromatic heterocycles. The zero-order chi connectivity index (χ0) is 20.5. The second-order valence-corrected chi connectivity index (χ2v) is 6.92. The predicted molar refractivity (Wildman–Crippen MR) is 110 cm³/mol. The van der Waals surface area contributed by atoms with Crippen LogP contribution in [0.25, 0.3) is 16.9 Å². The molecule has 0 saturated heterocycles. The van der Waals surface area contributed by atoms with Crippen molar-refractivity contribution in [2.45, 2.75) is 13.5 Å². The Morgan fingerprint density at radius 1 is 1.10 bits per heavy atom. The molecule has 2 aromatic carbocycles. The van der Waals surface area contributed by atoms with Crippen LogP contribution in [0.4, 0.5) is 0 Å². The number of rotatable bonds is 5. The highest BCUT2D eigenvalue weighted by atomic mass is 35.5. The molecule has 7 nitrogen and oxygen atoms in total. The summed E-state index contributed by atoms with van der Waals surface area (Å²) in [6, 6.07) is 15.7. The van der Waals surface area contributed by atoms with Crippen LogP contribution in [0.3, 0.4) is 0 Å². The number of carbonyl (C=O) groups excluding carboxylic acids is 1. The third kappa shape index (κ3) is 3.64. The number of ether oxygens (including phenoxy) is 1. The highest BCUT2D eigenvalue weighted by Crippen LogP contribution is 2.22. The van der Waals surface area contributed by atoms with Crippen LogP contribution >= 0.6 is 11.6 Å². The van der Waals surface area contributed by atoms with Crippen molar-refractivity contribution in [1.82, 2.24) is 19.2 Å². The van der Waals surface area contributed by atoms with Gasteiger partial charge in [0.1, 0.15) is 18.1 Å². The summed E-state index contributed by atoms with van der Waals surface area (Å²) in [5.74, 6) is 1.00. The lowest BCUT2D eigenvalue weighted by molar-refractivity contribution is 0.0966. The first-order valence-corrected chi connectivity index (χ1v) is 9.24. The lowest BCUT2D eigenvalue weighted by Crippen LogP contribution is -2.26. The molecule has 0 amide bonds. The first-order valence-electron chi connectivity index (χ1n) is 8.86. The van der Waals surface area contributed by atoms with Crippen LogP contribution in [0.1, 0.15) is 16.2 Å². The molecule has 0 spiro atoms. The van der Waals surface area contributed by atoms with Gasteiger partial charge in [0, 0.05) is 22.2 Å². The summed E-state index contributed by atoms with van der Waals surface area (Å²) in [6.45, 7) is 1.56. The Labute approximate surface area is 171 Å². The molecule has 2 heterocycles. The van der Waals surface area contributed by atoms with Gasteiger partial charge in [0.2, 0.25) is 0 Å². The summed E-state index contributed by atoms with van der Waals surface area (Å²) in [6.07, 6.45) is 0. The Bertz CT molecular complexity index is 1260. The van der Waals surface area contributed by atoms with Crippen molar-refractivity contribution in [3.8, 4) is 17.0 Å². The number of Topliss-reactive ketones (excluding diaryl/α,β-unsaturated/α-hetero) is 1. The number of methoxy groups -OCH3 is 1. The number of aromatic nitrogens is 4. The van der Waals surface area contributed by atoms with Crippen LogP contribution in [0.2, 0.25) is 5.02 Å². The van der Waals surface area contributed by atoms with E-state index in [1.165, 1.54) is 4.40 Å². The largest absolute Gasteiger partial charge is 0.497 e. The van der Waals surface area contributed by atoms with Gasteiger partial charge in [-0.3, -0.25) is 4.79 Å². The molecule has 0 saturated carbocycles. The minimum atomic E-state index is -0.409. The Balaban J connectivity index is 1.70. The van der Waals surface area contributed by atoms with E-state index in [9.17, 15) is 9.59 Å². The molecule has 146 valence electrons. The maximum atomic E-state index is 12.7. The molecule has 0 N–H and O–H groups in total. The topological polar surface area (TPSA) is 78.5 Å². The van der Waals surface area contributed by atoms with E-state index in [1.54, 1.807) is 44.4 Å². The van der Waals surface area contributed by atoms with Crippen molar-refractivity contribution < 1.29 is 9.53 Å². The second kappa shape index (κ2) is 7.52. The predicted octanol–water partition coefficient (Wildman–Crippen LogP) is 3.41. The number of nitrogens with zero attached hydrogens (tertiary/aromatic N) is 4. The van der Waals surface area contributed by atoms with Gasteiger partial charge in [-0.05, 0) is 55.5 Å². The van der Waals surface area contributed by atoms with Gasteiger partial charge in [0.25, 0.3) is 0 Å². The van der Waals surface area contributed by atoms with Crippen molar-refractivity contribution in [2.24, 2.45) is 0 Å². The highest BCUT2D eigenvalue weighted by molar-refractivity contribution is 6.30. The fraction of sp³-hybridized carbons (Fsp3) is 0.143. The average Bonchev–Trinajstić information content (AvgIpc) is 3.04. The summed E-state index contributed by atoms with van der Waals surface area (Å²) in [4.78, 5) is 29.8. The maximum absolute atomic E-state index is 12.7. The molecule has 4 rings (SSSR count). The molecule has 0 aliphatic rings. The molecule has 0 aliphatic carbocycles. The smallest absolute Gasteiger partial charge is 0.352 e. The zero-order valence-electron chi connectivity index (χ0n) is 15.8. The molecule has 0 bridgehead atoms. The van der Waals surface area contributed by atoms with Crippen LogP contribution < -0.4 is 10.4 Å². The van der Waals surface area contributed by atoms with Gasteiger partial charge in [-0.15, -0.1) is 5.10 Å². The normalized spacial score (nSPS) is 11.0. The van der Waals surface area contributed by atoms with E-state index in [4.69, 9.17) is 16.3 Å². The van der Waals surface area contributed by atoms with E-state index in [0.29, 0.717) is 27.8 Å². The molecule has 29 heavy (non-hydrogen) atoms. The van der Waals surface area contributed by atoms with Crippen molar-refractivity contribution in [3.05, 3.63) is 81.5 Å². The molecule has 0 aliphatic heterocycles. The molecular weight excluding hydrogens is 392 g/mol. The Hall–Kier alpha value is -3.45. The Morgan fingerprint density at radius 3 is 2.45 bits per heavy atom. The molecule has 0 radical (unpaired) electrons. The van der Waals surface area contributed by atoms with Gasteiger partial charge < -0.3 is 4.74 Å². The van der Waals surface area contributed by atoms with Crippen LogP contribution in [-0.2, 0) is 6.54 Å². The fourth-order valence-electron chi connectivity index (χ4n) is 3.08. The first-order chi connectivity index (χ1) is 14.0. The van der Waals surface area contributed by atoms with E-state index in [-0.39, 0.29) is 12.3 Å². The van der Waals surface area contributed by atoms with Gasteiger partial charge >= 0.3 is 5.69 Å². The van der Waals surface area contributed by atoms with Crippen molar-refractivity contribution in [2.75, 3.05) is 7.11 Å². The van der Waals surface area contributed by atoms with Crippen LogP contribution in [0, 0.1) is 6.92 Å². The van der Waals surface area contributed by atoms with Crippen molar-refractivity contribution in [1.29, 1.82) is 0 Å². The van der Waals surface area contributed by atoms with E-state index in [0.717, 1.165) is 16.0 Å². The van der Waals surface area contributed by atoms with Crippen LogP contribution in [-0.4, -0.2) is 32.1 Å². The Kier molecular flexibility index (Phi) is 4.90. The van der Waals surface area contributed by atoms with Crippen molar-refractivity contribution >= 4 is 23.0 Å². The van der Waals surface area contributed by atoms with Gasteiger partial charge in [-0.1, -0.05) is 11.6 Å². The zero-order valence-corrected chi connectivity index (χ0v) is 16.6. The molecule has 4 aromatic rings. The fourth-order valence-corrected chi connectivity index (χ4v) is 3.20. The van der Waals surface area contributed by atoms with E-state index in [1.807, 2.05) is 24.3 Å². The van der Waals surface area contributed by atoms with Gasteiger partial charge in [-0.2, -0.15) is 0 Å². The van der Waals surface area contributed by atoms with E-state index < -0.39 is 5.69 Å². The third-order valence-electron chi connectivity index (χ3n) is 4.58. The Morgan fingerprint density at radius 2 is 1.79 bits per heavy atom. The van der Waals surface area contributed by atoms with E-state index >= 15 is 0 Å². The summed E-state index contributed by atoms with van der Waals surface area (Å²) in [5.41, 5.74) is 2.03. The molecule has 0 fully saturated rings. The average molecular weight is 409 g/mol. The van der Waals surface area contributed by atoms with Gasteiger partial charge in [0.15, 0.2) is 11.4 Å². The van der Waals surface area contributed by atoms with Gasteiger partial charge in [-0.25, -0.2) is 18.9 Å². The number of aryl methyl sites for hydroxylation is 1. The molecular formula is C21H17ClN4O3. The summed E-state index contributed by atoms with van der Waals surface area (Å²) >= 11 is 5.86. The molecule has 0 unspecified atom stereocenters. The summed E-state index contributed by atoms with van der Waals surface area (Å²) < 4.78 is 7.72. The first kappa shape index (κ1) is 18.9. The minimum absolute atomic E-state index is 0.167. The number of halogens is 1. The monoisotopic (exact) mass is 408 g/mol. The van der Waals surface area contributed by atoms with Crippen molar-refractivity contribution in [3.63, 3.8) is 0 Å². The number of fused-ring (bicyclic) bond motifs is 1. The molecule has 8 heteroatoms. The SMILES string of the molecule is COc1ccc(-c2cc3nn(CC(=O)c4ccc(Cl)cc4)c(=O)n3c(C)n2)cc1. The van der Waals surface area contributed by atoms with Crippen LogP contribution in [0.15, 0.2) is 59.4 Å². The van der Waals surface area contributed by atoms with Gasteiger partial charge in [0.05, 0.1) is 12.8 Å². The quantitative estimate of drug-likeness (QED) is 0.473. The number of carbonyl (C=O) groups is 1. The summed E-state index contributed by atoms with van der Waals surface area (Å²) in [5, 5.41) is 4.87. The maximum Gasteiger partial charge on any atom is 0.352 e. The summed E-state index contributed by atoms with van der Waals surface area (Å²) in [7, 11) is 1.61. The lowest BCUT2D eigenvalue weighted by atomic mass is 10.1. The van der Waals surface area contributed by atoms with Crippen LogP contribution in [0.5, 0.6) is 5.75 Å². The third-order valence-corrected chi connectivity index (χ3v) is 4.83. The highest BCUT2D eigenvalue weighted by Gasteiger charge is 2.15. The number of ketones is 1. The standard InChI is InChI=1S/C21H17ClN4O3/c1-13-23-18(14-5-9-17(29-2)10-6-14)11-20-24-25(21(28)26(13)20)12-19(27)15-3-7-16(22)8-4-15/h3-11H,12H2,1-2H3. The molecule has 0 atom stereocenters. The minimum Gasteiger partial charge on any atom is -0.497 e. The van der Waals surface area contributed by atoms with E-state index in [2.05, 4.69) is 10.1 Å². The lowest BCUT2D eigenvalue weighted by Gasteiger charge is -2.05. The second-order valence-electron chi connectivity index (χ2n) is 6.48. The number of benzene rings is 2.